The van der Waals surface area contributed by atoms with Crippen LogP contribution in [0, 0.1) is 0 Å². The van der Waals surface area contributed by atoms with Crippen LogP contribution in [0.5, 0.6) is 0 Å². The number of pyridine rings is 2. The predicted molar refractivity (Wildman–Crippen MR) is 97.5 cm³/mol. The lowest BCUT2D eigenvalue weighted by Gasteiger charge is -2.40. The van der Waals surface area contributed by atoms with Gasteiger partial charge in [-0.15, -0.1) is 0 Å². The van der Waals surface area contributed by atoms with Gasteiger partial charge in [-0.2, -0.15) is 0 Å². The summed E-state index contributed by atoms with van der Waals surface area (Å²) >= 11 is 0. The van der Waals surface area contributed by atoms with Gasteiger partial charge >= 0.3 is 0 Å². The summed E-state index contributed by atoms with van der Waals surface area (Å²) in [5.74, 6) is -0.267. The van der Waals surface area contributed by atoms with Gasteiger partial charge in [0.25, 0.3) is 5.91 Å². The maximum atomic E-state index is 12.9. The van der Waals surface area contributed by atoms with Crippen molar-refractivity contribution in [3.63, 3.8) is 0 Å². The van der Waals surface area contributed by atoms with Crippen molar-refractivity contribution in [3.8, 4) is 0 Å². The molecule has 0 aromatic carbocycles. The smallest absolute Gasteiger partial charge is 0.251 e. The molecule has 0 bridgehead atoms. The Morgan fingerprint density at radius 2 is 1.96 bits per heavy atom. The first-order chi connectivity index (χ1) is 13.2. The Morgan fingerprint density at radius 1 is 1.19 bits per heavy atom. The minimum atomic E-state index is -0.735. The van der Waals surface area contributed by atoms with E-state index in [2.05, 4.69) is 15.3 Å². The molecule has 1 N–H and O–H groups in total. The van der Waals surface area contributed by atoms with Crippen LogP contribution in [-0.2, 0) is 20.7 Å². The summed E-state index contributed by atoms with van der Waals surface area (Å²) in [4.78, 5) is 35.4. The van der Waals surface area contributed by atoms with Crippen LogP contribution >= 0.6 is 0 Å². The van der Waals surface area contributed by atoms with Crippen molar-refractivity contribution in [2.24, 2.45) is 0 Å². The van der Waals surface area contributed by atoms with Crippen molar-refractivity contribution in [2.75, 3.05) is 13.2 Å². The Labute approximate surface area is 157 Å². The molecular formula is C20H22N4O3. The number of carbonyl (C=O) groups is 2. The van der Waals surface area contributed by atoms with Gasteiger partial charge in [0.2, 0.25) is 5.91 Å². The summed E-state index contributed by atoms with van der Waals surface area (Å²) in [5, 5.41) is 2.95. The molecule has 7 nitrogen and oxygen atoms in total. The van der Waals surface area contributed by atoms with Gasteiger partial charge in [0, 0.05) is 37.4 Å². The van der Waals surface area contributed by atoms with Crippen molar-refractivity contribution in [1.82, 2.24) is 20.2 Å². The maximum absolute atomic E-state index is 12.9. The fraction of sp³-hybridized carbons (Fsp3) is 0.400. The Bertz CT molecular complexity index is 795. The average molecular weight is 366 g/mol. The highest BCUT2D eigenvalue weighted by molar-refractivity contribution is 5.86. The van der Waals surface area contributed by atoms with Crippen molar-refractivity contribution in [1.29, 1.82) is 0 Å². The number of carbonyl (C=O) groups excluding carboxylic acids is 2. The SMILES string of the molecule is O=C(NCCc1cccnc1)[C@H]1OCC(=O)N(C2CC2)[C@@H]1c1cccnc1. The van der Waals surface area contributed by atoms with Crippen molar-refractivity contribution >= 4 is 11.8 Å². The lowest BCUT2D eigenvalue weighted by Crippen LogP contribution is -2.55. The van der Waals surface area contributed by atoms with Crippen LogP contribution in [0.25, 0.3) is 0 Å². The van der Waals surface area contributed by atoms with Gasteiger partial charge in [-0.1, -0.05) is 12.1 Å². The summed E-state index contributed by atoms with van der Waals surface area (Å²) in [7, 11) is 0. The number of nitrogens with zero attached hydrogens (tertiary/aromatic N) is 3. The summed E-state index contributed by atoms with van der Waals surface area (Å²) in [6, 6.07) is 7.31. The van der Waals surface area contributed by atoms with Crippen LogP contribution in [0.15, 0.2) is 49.1 Å². The van der Waals surface area contributed by atoms with Gasteiger partial charge in [-0.05, 0) is 42.5 Å². The van der Waals surface area contributed by atoms with Gasteiger partial charge < -0.3 is 15.0 Å². The van der Waals surface area contributed by atoms with E-state index in [1.807, 2.05) is 29.2 Å². The van der Waals surface area contributed by atoms with Crippen LogP contribution in [0.3, 0.4) is 0 Å². The quantitative estimate of drug-likeness (QED) is 0.832. The number of nitrogens with one attached hydrogen (secondary N) is 1. The fourth-order valence-corrected chi connectivity index (χ4v) is 3.49. The minimum absolute atomic E-state index is 0.0616. The number of morpholine rings is 1. The molecule has 4 rings (SSSR count). The zero-order valence-electron chi connectivity index (χ0n) is 15.0. The number of ether oxygens (including phenoxy) is 1. The van der Waals surface area contributed by atoms with Crippen LogP contribution < -0.4 is 5.32 Å². The molecule has 1 aliphatic carbocycles. The largest absolute Gasteiger partial charge is 0.356 e. The molecular weight excluding hydrogens is 344 g/mol. The molecule has 27 heavy (non-hydrogen) atoms. The third-order valence-electron chi connectivity index (χ3n) is 4.92. The van der Waals surface area contributed by atoms with Gasteiger partial charge in [-0.3, -0.25) is 19.6 Å². The Balaban J connectivity index is 1.48. The number of amides is 2. The maximum Gasteiger partial charge on any atom is 0.251 e. The molecule has 0 radical (unpaired) electrons. The van der Waals surface area contributed by atoms with E-state index in [0.717, 1.165) is 24.0 Å². The van der Waals surface area contributed by atoms with Crippen molar-refractivity contribution in [2.45, 2.75) is 37.5 Å². The Kier molecular flexibility index (Phi) is 5.11. The monoisotopic (exact) mass is 366 g/mol. The van der Waals surface area contributed by atoms with E-state index < -0.39 is 12.1 Å². The van der Waals surface area contributed by atoms with E-state index in [-0.39, 0.29) is 24.5 Å². The van der Waals surface area contributed by atoms with Crippen LogP contribution in [0.4, 0.5) is 0 Å². The van der Waals surface area contributed by atoms with Crippen molar-refractivity contribution < 1.29 is 14.3 Å². The molecule has 2 aliphatic rings. The molecule has 0 spiro atoms. The zero-order chi connectivity index (χ0) is 18.6. The number of aromatic nitrogens is 2. The van der Waals surface area contributed by atoms with E-state index in [1.165, 1.54) is 0 Å². The molecule has 2 aromatic heterocycles. The van der Waals surface area contributed by atoms with Gasteiger partial charge in [0.05, 0.1) is 6.04 Å². The lowest BCUT2D eigenvalue weighted by atomic mass is 9.98. The molecule has 1 aliphatic heterocycles. The third kappa shape index (κ3) is 3.98. The van der Waals surface area contributed by atoms with Crippen LogP contribution in [0.2, 0.25) is 0 Å². The van der Waals surface area contributed by atoms with E-state index in [1.54, 1.807) is 24.8 Å². The Hall–Kier alpha value is -2.80. The fourth-order valence-electron chi connectivity index (χ4n) is 3.49. The van der Waals surface area contributed by atoms with Gasteiger partial charge in [0.15, 0.2) is 6.10 Å². The zero-order valence-corrected chi connectivity index (χ0v) is 15.0. The molecule has 3 heterocycles. The minimum Gasteiger partial charge on any atom is -0.356 e. The summed E-state index contributed by atoms with van der Waals surface area (Å²) in [6.07, 6.45) is 8.79. The van der Waals surface area contributed by atoms with Gasteiger partial charge in [0.1, 0.15) is 6.61 Å². The lowest BCUT2D eigenvalue weighted by molar-refractivity contribution is -0.165. The molecule has 2 aromatic rings. The molecule has 2 amide bonds. The Morgan fingerprint density at radius 3 is 2.63 bits per heavy atom. The molecule has 7 heteroatoms. The molecule has 1 saturated heterocycles. The summed E-state index contributed by atoms with van der Waals surface area (Å²) < 4.78 is 5.69. The molecule has 140 valence electrons. The topological polar surface area (TPSA) is 84.4 Å². The second kappa shape index (κ2) is 7.84. The van der Waals surface area contributed by atoms with E-state index in [9.17, 15) is 9.59 Å². The second-order valence-corrected chi connectivity index (χ2v) is 6.90. The number of rotatable bonds is 6. The van der Waals surface area contributed by atoms with Crippen LogP contribution in [-0.4, -0.2) is 52.0 Å². The predicted octanol–water partition coefficient (Wildman–Crippen LogP) is 1.27. The number of hydrogen-bond acceptors (Lipinski definition) is 5. The highest BCUT2D eigenvalue weighted by atomic mass is 16.5. The molecule has 0 unspecified atom stereocenters. The summed E-state index contributed by atoms with van der Waals surface area (Å²) in [6.45, 7) is 0.426. The highest BCUT2D eigenvalue weighted by Gasteiger charge is 2.47. The van der Waals surface area contributed by atoms with Crippen LogP contribution in [0.1, 0.15) is 30.0 Å². The van der Waals surface area contributed by atoms with E-state index in [4.69, 9.17) is 4.74 Å². The highest BCUT2D eigenvalue weighted by Crippen LogP contribution is 2.39. The molecule has 1 saturated carbocycles. The second-order valence-electron chi connectivity index (χ2n) is 6.90. The standard InChI is InChI=1S/C20H22N4O3/c25-17-13-27-19(20(26)23-10-7-14-3-1-8-21-11-14)18(24(17)16-5-6-16)15-4-2-9-22-12-15/h1-4,8-9,11-12,16,18-19H,5-7,10,13H2,(H,23,26)/t18-,19+/m1/s1. The van der Waals surface area contributed by atoms with Gasteiger partial charge in [-0.25, -0.2) is 0 Å². The van der Waals surface area contributed by atoms with E-state index >= 15 is 0 Å². The van der Waals surface area contributed by atoms with E-state index in [0.29, 0.717) is 13.0 Å². The third-order valence-corrected chi connectivity index (χ3v) is 4.92. The first kappa shape index (κ1) is 17.6. The molecule has 2 fully saturated rings. The molecule has 2 atom stereocenters. The first-order valence-corrected chi connectivity index (χ1v) is 9.23. The normalized spacial score (nSPS) is 22.5. The first-order valence-electron chi connectivity index (χ1n) is 9.23. The van der Waals surface area contributed by atoms with Crippen molar-refractivity contribution in [3.05, 3.63) is 60.2 Å². The average Bonchev–Trinajstić information content (AvgIpc) is 3.54. The number of hydrogen-bond donors (Lipinski definition) is 1. The summed E-state index contributed by atoms with van der Waals surface area (Å²) in [5.41, 5.74) is 1.88.